The van der Waals surface area contributed by atoms with E-state index in [4.69, 9.17) is 9.47 Å². The highest BCUT2D eigenvalue weighted by molar-refractivity contribution is 7.92. The molecule has 0 fully saturated rings. The van der Waals surface area contributed by atoms with Gasteiger partial charge < -0.3 is 14.8 Å². The zero-order chi connectivity index (χ0) is 22.4. The largest absolute Gasteiger partial charge is 0.495 e. The highest BCUT2D eigenvalue weighted by Gasteiger charge is 2.18. The number of hydrogen-bond acceptors (Lipinski definition) is 5. The standard InChI is InChI=1S/C23H24N2O5S/c1-16-7-6-8-19(15-16)30-17(2)23(26)24-18-11-13-20(14-12-18)31(27,28)25-21-9-4-5-10-22(21)29-3/h4-15,17,25H,1-3H3,(H,24,26). The fourth-order valence-corrected chi connectivity index (χ4v) is 3.91. The first kappa shape index (κ1) is 22.2. The number of nitrogens with one attached hydrogen (secondary N) is 2. The van der Waals surface area contributed by atoms with Crippen LogP contribution < -0.4 is 19.5 Å². The van der Waals surface area contributed by atoms with Crippen LogP contribution in [0.15, 0.2) is 77.7 Å². The van der Waals surface area contributed by atoms with Crippen LogP contribution in [0.5, 0.6) is 11.5 Å². The molecule has 0 aliphatic heterocycles. The quantitative estimate of drug-likeness (QED) is 0.547. The summed E-state index contributed by atoms with van der Waals surface area (Å²) in [7, 11) is -2.35. The highest BCUT2D eigenvalue weighted by Crippen LogP contribution is 2.26. The summed E-state index contributed by atoms with van der Waals surface area (Å²) in [4.78, 5) is 12.5. The van der Waals surface area contributed by atoms with Gasteiger partial charge in [0.05, 0.1) is 17.7 Å². The smallest absolute Gasteiger partial charge is 0.265 e. The predicted molar refractivity (Wildman–Crippen MR) is 120 cm³/mol. The molecule has 1 amide bonds. The summed E-state index contributed by atoms with van der Waals surface area (Å²) in [6.07, 6.45) is -0.725. The molecule has 31 heavy (non-hydrogen) atoms. The first-order valence-electron chi connectivity index (χ1n) is 9.58. The van der Waals surface area contributed by atoms with Crippen molar-refractivity contribution in [2.75, 3.05) is 17.1 Å². The van der Waals surface area contributed by atoms with Crippen molar-refractivity contribution in [3.63, 3.8) is 0 Å². The Balaban J connectivity index is 1.65. The van der Waals surface area contributed by atoms with E-state index in [0.717, 1.165) is 5.56 Å². The number of amides is 1. The number of rotatable bonds is 8. The number of anilines is 2. The topological polar surface area (TPSA) is 93.7 Å². The van der Waals surface area contributed by atoms with Crippen LogP contribution in [-0.4, -0.2) is 27.5 Å². The van der Waals surface area contributed by atoms with Crippen molar-refractivity contribution in [1.82, 2.24) is 0 Å². The molecule has 0 radical (unpaired) electrons. The molecule has 7 nitrogen and oxygen atoms in total. The lowest BCUT2D eigenvalue weighted by molar-refractivity contribution is -0.122. The predicted octanol–water partition coefficient (Wildman–Crippen LogP) is 4.21. The van der Waals surface area contributed by atoms with E-state index in [2.05, 4.69) is 10.0 Å². The van der Waals surface area contributed by atoms with E-state index in [9.17, 15) is 13.2 Å². The normalized spacial score (nSPS) is 12.0. The molecule has 2 N–H and O–H groups in total. The van der Waals surface area contributed by atoms with Crippen LogP contribution in [0.2, 0.25) is 0 Å². The first-order chi connectivity index (χ1) is 14.8. The summed E-state index contributed by atoms with van der Waals surface area (Å²) in [5, 5.41) is 2.72. The van der Waals surface area contributed by atoms with Crippen molar-refractivity contribution in [1.29, 1.82) is 0 Å². The Hall–Kier alpha value is -3.52. The lowest BCUT2D eigenvalue weighted by atomic mass is 10.2. The molecule has 0 spiro atoms. The van der Waals surface area contributed by atoms with Gasteiger partial charge in [-0.2, -0.15) is 0 Å². The minimum Gasteiger partial charge on any atom is -0.495 e. The van der Waals surface area contributed by atoms with Crippen LogP contribution >= 0.6 is 0 Å². The van der Waals surface area contributed by atoms with Gasteiger partial charge in [-0.05, 0) is 67.9 Å². The second-order valence-electron chi connectivity index (χ2n) is 6.90. The number of methoxy groups -OCH3 is 1. The molecule has 0 saturated carbocycles. The summed E-state index contributed by atoms with van der Waals surface area (Å²) < 4.78 is 38.7. The summed E-state index contributed by atoms with van der Waals surface area (Å²) in [6, 6.07) is 20.0. The van der Waals surface area contributed by atoms with Gasteiger partial charge in [-0.25, -0.2) is 8.42 Å². The van der Waals surface area contributed by atoms with Crippen molar-refractivity contribution in [3.8, 4) is 11.5 Å². The third kappa shape index (κ3) is 5.76. The Labute approximate surface area is 182 Å². The Morgan fingerprint density at radius 1 is 0.968 bits per heavy atom. The molecule has 0 heterocycles. The summed E-state index contributed by atoms with van der Waals surface area (Å²) in [6.45, 7) is 3.59. The van der Waals surface area contributed by atoms with E-state index >= 15 is 0 Å². The van der Waals surface area contributed by atoms with Gasteiger partial charge in [0.2, 0.25) is 0 Å². The van der Waals surface area contributed by atoms with Crippen LogP contribution in [0.25, 0.3) is 0 Å². The Bertz CT molecular complexity index is 1160. The number of benzene rings is 3. The maximum atomic E-state index is 12.7. The molecule has 0 aliphatic rings. The monoisotopic (exact) mass is 440 g/mol. The number of hydrogen-bond donors (Lipinski definition) is 2. The van der Waals surface area contributed by atoms with Crippen LogP contribution in [0.4, 0.5) is 11.4 Å². The third-order valence-electron chi connectivity index (χ3n) is 4.46. The maximum absolute atomic E-state index is 12.7. The van der Waals surface area contributed by atoms with Crippen molar-refractivity contribution in [2.45, 2.75) is 24.8 Å². The van der Waals surface area contributed by atoms with Crippen LogP contribution in [0, 0.1) is 6.92 Å². The van der Waals surface area contributed by atoms with Gasteiger partial charge in [0.1, 0.15) is 11.5 Å². The molecule has 1 atom stereocenters. The van der Waals surface area contributed by atoms with Gasteiger partial charge >= 0.3 is 0 Å². The molecule has 3 aromatic carbocycles. The third-order valence-corrected chi connectivity index (χ3v) is 5.84. The molecule has 3 rings (SSSR count). The minimum absolute atomic E-state index is 0.0560. The van der Waals surface area contributed by atoms with E-state index < -0.39 is 16.1 Å². The number of carbonyl (C=O) groups excluding carboxylic acids is 1. The van der Waals surface area contributed by atoms with Gasteiger partial charge in [0.15, 0.2) is 6.10 Å². The van der Waals surface area contributed by atoms with E-state index in [-0.39, 0.29) is 10.8 Å². The molecule has 8 heteroatoms. The van der Waals surface area contributed by atoms with Gasteiger partial charge in [0.25, 0.3) is 15.9 Å². The first-order valence-corrected chi connectivity index (χ1v) is 11.1. The van der Waals surface area contributed by atoms with Gasteiger partial charge in [-0.3, -0.25) is 9.52 Å². The van der Waals surface area contributed by atoms with E-state index in [1.165, 1.54) is 31.4 Å². The Kier molecular flexibility index (Phi) is 6.81. The molecule has 0 aliphatic carbocycles. The molecule has 1 unspecified atom stereocenters. The zero-order valence-electron chi connectivity index (χ0n) is 17.5. The Morgan fingerprint density at radius 3 is 2.35 bits per heavy atom. The number of aryl methyl sites for hydroxylation is 1. The maximum Gasteiger partial charge on any atom is 0.265 e. The lowest BCUT2D eigenvalue weighted by Crippen LogP contribution is -2.30. The number of para-hydroxylation sites is 2. The molecular weight excluding hydrogens is 416 g/mol. The summed E-state index contributed by atoms with van der Waals surface area (Å²) in [5.74, 6) is 0.674. The van der Waals surface area contributed by atoms with Gasteiger partial charge in [0, 0.05) is 5.69 Å². The average Bonchev–Trinajstić information content (AvgIpc) is 2.74. The van der Waals surface area contributed by atoms with Crippen molar-refractivity contribution in [2.24, 2.45) is 0 Å². The zero-order valence-corrected chi connectivity index (χ0v) is 18.3. The molecule has 162 valence electrons. The van der Waals surface area contributed by atoms with Gasteiger partial charge in [-0.1, -0.05) is 24.3 Å². The lowest BCUT2D eigenvalue weighted by Gasteiger charge is -2.15. The summed E-state index contributed by atoms with van der Waals surface area (Å²) >= 11 is 0. The fraction of sp³-hybridized carbons (Fsp3) is 0.174. The average molecular weight is 441 g/mol. The highest BCUT2D eigenvalue weighted by atomic mass is 32.2. The van der Waals surface area contributed by atoms with E-state index in [1.54, 1.807) is 37.3 Å². The second-order valence-corrected chi connectivity index (χ2v) is 8.58. The van der Waals surface area contributed by atoms with Crippen molar-refractivity contribution < 1.29 is 22.7 Å². The molecule has 0 aromatic heterocycles. The fourth-order valence-electron chi connectivity index (χ4n) is 2.84. The summed E-state index contributed by atoms with van der Waals surface area (Å²) in [5.41, 5.74) is 1.83. The number of sulfonamides is 1. The van der Waals surface area contributed by atoms with Crippen LogP contribution in [0.3, 0.4) is 0 Å². The molecule has 3 aromatic rings. The van der Waals surface area contributed by atoms with Gasteiger partial charge in [-0.15, -0.1) is 0 Å². The van der Waals surface area contributed by atoms with Crippen molar-refractivity contribution >= 4 is 27.3 Å². The van der Waals surface area contributed by atoms with Crippen molar-refractivity contribution in [3.05, 3.63) is 78.4 Å². The van der Waals surface area contributed by atoms with E-state index in [0.29, 0.717) is 22.9 Å². The minimum atomic E-state index is -3.82. The van der Waals surface area contributed by atoms with Crippen LogP contribution in [-0.2, 0) is 14.8 Å². The van der Waals surface area contributed by atoms with Crippen LogP contribution in [0.1, 0.15) is 12.5 Å². The Morgan fingerprint density at radius 2 is 1.68 bits per heavy atom. The number of ether oxygens (including phenoxy) is 2. The molecular formula is C23H24N2O5S. The van der Waals surface area contributed by atoms with E-state index in [1.807, 2.05) is 25.1 Å². The molecule has 0 bridgehead atoms. The molecule has 0 saturated heterocycles. The number of carbonyl (C=O) groups is 1. The second kappa shape index (κ2) is 9.53. The SMILES string of the molecule is COc1ccccc1NS(=O)(=O)c1ccc(NC(=O)C(C)Oc2cccc(C)c2)cc1.